The predicted molar refractivity (Wildman–Crippen MR) is 67.3 cm³/mol. The van der Waals surface area contributed by atoms with Gasteiger partial charge in [0.15, 0.2) is 0 Å². The van der Waals surface area contributed by atoms with Crippen molar-refractivity contribution in [2.45, 2.75) is 13.8 Å². The quantitative estimate of drug-likeness (QED) is 0.714. The highest BCUT2D eigenvalue weighted by Crippen LogP contribution is 2.35. The maximum atomic E-state index is 8.68. The van der Waals surface area contributed by atoms with Crippen LogP contribution < -0.4 is 5.73 Å². The van der Waals surface area contributed by atoms with Crippen molar-refractivity contribution in [3.63, 3.8) is 0 Å². The van der Waals surface area contributed by atoms with Crippen molar-refractivity contribution < 1.29 is 0 Å². The molecule has 1 rings (SSSR count). The second-order valence-electron chi connectivity index (χ2n) is 2.05. The minimum absolute atomic E-state index is 0.359. The summed E-state index contributed by atoms with van der Waals surface area (Å²) < 4.78 is 1.21. The van der Waals surface area contributed by atoms with Gasteiger partial charge in [0.25, 0.3) is 0 Å². The van der Waals surface area contributed by atoms with Gasteiger partial charge >= 0.3 is 0 Å². The molecule has 0 atom stereocenters. The number of nitrogens with zero attached hydrogens (tertiary/aromatic N) is 1. The summed E-state index contributed by atoms with van der Waals surface area (Å²) in [6.07, 6.45) is 0. The standard InChI is InChI=1S/C7H3Br2ClN2.C2H6/c8-4-1-5(10)3(2-11)6(9)7(4)12;1-2/h1H,12H2;1-2H3. The van der Waals surface area contributed by atoms with Crippen molar-refractivity contribution in [2.75, 3.05) is 5.73 Å². The first-order valence-corrected chi connectivity index (χ1v) is 5.87. The topological polar surface area (TPSA) is 49.8 Å². The Bertz CT molecular complexity index is 372. The molecule has 0 fully saturated rings. The number of anilines is 1. The Kier molecular flexibility index (Phi) is 6.17. The largest absolute Gasteiger partial charge is 0.397 e. The summed E-state index contributed by atoms with van der Waals surface area (Å²) in [4.78, 5) is 0. The average molecular weight is 340 g/mol. The summed E-state index contributed by atoms with van der Waals surface area (Å²) in [6.45, 7) is 4.00. The lowest BCUT2D eigenvalue weighted by Gasteiger charge is -2.04. The number of nitrogen functional groups attached to an aromatic ring is 1. The summed E-state index contributed by atoms with van der Waals surface area (Å²) in [5.41, 5.74) is 6.46. The second-order valence-corrected chi connectivity index (χ2v) is 4.11. The molecule has 0 radical (unpaired) electrons. The van der Waals surface area contributed by atoms with Gasteiger partial charge in [0.05, 0.1) is 20.7 Å². The highest BCUT2D eigenvalue weighted by molar-refractivity contribution is 9.11. The van der Waals surface area contributed by atoms with Gasteiger partial charge in [-0.1, -0.05) is 25.4 Å². The zero-order chi connectivity index (χ0) is 11.3. The van der Waals surface area contributed by atoms with Crippen molar-refractivity contribution >= 4 is 49.1 Å². The van der Waals surface area contributed by atoms with Crippen LogP contribution in [0, 0.1) is 11.3 Å². The predicted octanol–water partition coefficient (Wildman–Crippen LogP) is 4.35. The second kappa shape index (κ2) is 6.28. The summed E-state index contributed by atoms with van der Waals surface area (Å²) >= 11 is 12.2. The highest BCUT2D eigenvalue weighted by Gasteiger charge is 2.10. The molecule has 2 nitrogen and oxygen atoms in total. The molecule has 0 heterocycles. The SMILES string of the molecule is CC.N#Cc1c(Cl)cc(Br)c(N)c1Br. The van der Waals surface area contributed by atoms with Crippen molar-refractivity contribution in [1.82, 2.24) is 0 Å². The molecule has 0 aliphatic heterocycles. The molecule has 5 heteroatoms. The van der Waals surface area contributed by atoms with Gasteiger partial charge in [0.1, 0.15) is 6.07 Å². The van der Waals surface area contributed by atoms with Crippen LogP contribution in [0.4, 0.5) is 5.69 Å². The van der Waals surface area contributed by atoms with Gasteiger partial charge < -0.3 is 5.73 Å². The molecule has 0 aliphatic rings. The van der Waals surface area contributed by atoms with Gasteiger partial charge in [0.2, 0.25) is 0 Å². The minimum Gasteiger partial charge on any atom is -0.397 e. The van der Waals surface area contributed by atoms with Gasteiger partial charge in [-0.2, -0.15) is 5.26 Å². The van der Waals surface area contributed by atoms with Gasteiger partial charge in [-0.25, -0.2) is 0 Å². The fourth-order valence-electron chi connectivity index (χ4n) is 0.708. The summed E-state index contributed by atoms with van der Waals surface area (Å²) in [7, 11) is 0. The Hall–Kier alpha value is -0.240. The maximum Gasteiger partial charge on any atom is 0.102 e. The summed E-state index contributed by atoms with van der Waals surface area (Å²) in [5, 5.41) is 9.06. The van der Waals surface area contributed by atoms with E-state index in [2.05, 4.69) is 31.9 Å². The highest BCUT2D eigenvalue weighted by atomic mass is 79.9. The molecule has 76 valence electrons. The van der Waals surface area contributed by atoms with Crippen LogP contribution in [0.15, 0.2) is 15.0 Å². The van der Waals surface area contributed by atoms with Gasteiger partial charge in [-0.3, -0.25) is 0 Å². The van der Waals surface area contributed by atoms with E-state index in [1.165, 1.54) is 0 Å². The van der Waals surface area contributed by atoms with Gasteiger partial charge in [-0.05, 0) is 37.9 Å². The molecule has 0 spiro atoms. The lowest BCUT2D eigenvalue weighted by Crippen LogP contribution is -1.92. The number of benzene rings is 1. The van der Waals surface area contributed by atoms with Crippen molar-refractivity contribution in [3.05, 3.63) is 25.6 Å². The molecule has 0 saturated carbocycles. The Balaban J connectivity index is 0.000000791. The molecule has 0 amide bonds. The molecule has 14 heavy (non-hydrogen) atoms. The smallest absolute Gasteiger partial charge is 0.102 e. The number of nitriles is 1. The zero-order valence-corrected chi connectivity index (χ0v) is 11.7. The Morgan fingerprint density at radius 1 is 1.43 bits per heavy atom. The van der Waals surface area contributed by atoms with Crippen LogP contribution in [-0.4, -0.2) is 0 Å². The number of nitrogens with two attached hydrogens (primary N) is 1. The Labute approximate surface area is 105 Å². The monoisotopic (exact) mass is 338 g/mol. The van der Waals surface area contributed by atoms with Crippen LogP contribution in [0.5, 0.6) is 0 Å². The zero-order valence-electron chi connectivity index (χ0n) is 7.74. The molecule has 0 aromatic heterocycles. The number of rotatable bonds is 0. The van der Waals surface area contributed by atoms with E-state index < -0.39 is 0 Å². The van der Waals surface area contributed by atoms with Crippen LogP contribution in [-0.2, 0) is 0 Å². The maximum absolute atomic E-state index is 8.68. The first kappa shape index (κ1) is 13.8. The van der Waals surface area contributed by atoms with E-state index in [4.69, 9.17) is 22.6 Å². The van der Waals surface area contributed by atoms with Crippen LogP contribution in [0.1, 0.15) is 19.4 Å². The third-order valence-corrected chi connectivity index (χ3v) is 3.10. The van der Waals surface area contributed by atoms with Gasteiger partial charge in [0, 0.05) is 4.47 Å². The average Bonchev–Trinajstić information content (AvgIpc) is 2.18. The van der Waals surface area contributed by atoms with E-state index in [0.717, 1.165) is 0 Å². The molecule has 2 N–H and O–H groups in total. The lowest BCUT2D eigenvalue weighted by molar-refractivity contribution is 1.45. The first-order valence-electron chi connectivity index (χ1n) is 3.91. The number of halogens is 3. The Morgan fingerprint density at radius 3 is 2.36 bits per heavy atom. The first-order chi connectivity index (χ1) is 6.57. The number of hydrogen-bond donors (Lipinski definition) is 1. The molecule has 0 bridgehead atoms. The normalized spacial score (nSPS) is 8.57. The summed E-state index contributed by atoms with van der Waals surface area (Å²) in [6, 6.07) is 3.55. The van der Waals surface area contributed by atoms with Gasteiger partial charge in [-0.15, -0.1) is 0 Å². The summed E-state index contributed by atoms with van der Waals surface area (Å²) in [5.74, 6) is 0. The van der Waals surface area contributed by atoms with E-state index in [1.807, 2.05) is 19.9 Å². The molecule has 1 aromatic rings. The molecule has 0 unspecified atom stereocenters. The fraction of sp³-hybridized carbons (Fsp3) is 0.222. The van der Waals surface area contributed by atoms with E-state index in [9.17, 15) is 0 Å². The number of hydrogen-bond acceptors (Lipinski definition) is 2. The molecular weight excluding hydrogens is 331 g/mol. The molecule has 0 saturated heterocycles. The van der Waals surface area contributed by atoms with E-state index in [0.29, 0.717) is 25.2 Å². The third kappa shape index (κ3) is 2.88. The van der Waals surface area contributed by atoms with Crippen LogP contribution in [0.2, 0.25) is 5.02 Å². The van der Waals surface area contributed by atoms with E-state index in [1.54, 1.807) is 6.07 Å². The fourth-order valence-corrected chi connectivity index (χ4v) is 2.41. The van der Waals surface area contributed by atoms with E-state index >= 15 is 0 Å². The van der Waals surface area contributed by atoms with Crippen molar-refractivity contribution in [2.24, 2.45) is 0 Å². The molecule has 0 aliphatic carbocycles. The Morgan fingerprint density at radius 2 is 1.93 bits per heavy atom. The van der Waals surface area contributed by atoms with Crippen LogP contribution >= 0.6 is 43.5 Å². The minimum atomic E-state index is 0.359. The lowest BCUT2D eigenvalue weighted by atomic mass is 10.2. The third-order valence-electron chi connectivity index (χ3n) is 1.32. The molecular formula is C9H9Br2ClN2. The molecule has 1 aromatic carbocycles. The van der Waals surface area contributed by atoms with Crippen molar-refractivity contribution in [3.8, 4) is 6.07 Å². The van der Waals surface area contributed by atoms with E-state index in [-0.39, 0.29) is 0 Å². The van der Waals surface area contributed by atoms with Crippen molar-refractivity contribution in [1.29, 1.82) is 5.26 Å². The van der Waals surface area contributed by atoms with Crippen LogP contribution in [0.25, 0.3) is 0 Å². The van der Waals surface area contributed by atoms with Crippen LogP contribution in [0.3, 0.4) is 0 Å².